The summed E-state index contributed by atoms with van der Waals surface area (Å²) in [6.07, 6.45) is 0. The highest BCUT2D eigenvalue weighted by Gasteiger charge is 2.20. The molecule has 1 N–H and O–H groups in total. The first-order valence-electron chi connectivity index (χ1n) is 11.0. The minimum Gasteiger partial charge on any atom is -0.368 e. The summed E-state index contributed by atoms with van der Waals surface area (Å²) in [4.78, 5) is 16.8. The number of halogens is 1. The topological polar surface area (TPSA) is 61.4 Å². The molecular formula is C25H28FN5OS. The van der Waals surface area contributed by atoms with E-state index in [9.17, 15) is 9.18 Å². The number of hydrogen-bond acceptors (Lipinski definition) is 6. The average molecular weight is 466 g/mol. The number of piperazine rings is 1. The zero-order valence-electron chi connectivity index (χ0n) is 19.1. The first-order chi connectivity index (χ1) is 15.9. The molecule has 1 aliphatic heterocycles. The van der Waals surface area contributed by atoms with Crippen LogP contribution in [0.5, 0.6) is 0 Å². The Morgan fingerprint density at radius 3 is 2.36 bits per heavy atom. The zero-order valence-corrected chi connectivity index (χ0v) is 20.0. The quantitative estimate of drug-likeness (QED) is 0.537. The molecule has 0 bridgehead atoms. The van der Waals surface area contributed by atoms with Gasteiger partial charge in [-0.25, -0.2) is 4.39 Å². The van der Waals surface area contributed by atoms with Crippen LogP contribution in [0.2, 0.25) is 0 Å². The van der Waals surface area contributed by atoms with E-state index in [1.807, 2.05) is 12.1 Å². The van der Waals surface area contributed by atoms with Crippen LogP contribution in [-0.2, 0) is 4.79 Å². The highest BCUT2D eigenvalue weighted by atomic mass is 32.2. The lowest BCUT2D eigenvalue weighted by atomic mass is 10.1. The number of nitrogens with one attached hydrogen (secondary N) is 1. The maximum atomic E-state index is 13.6. The molecule has 3 aromatic rings. The summed E-state index contributed by atoms with van der Waals surface area (Å²) in [5.74, 6) is 0.478. The molecule has 0 aliphatic carbocycles. The maximum absolute atomic E-state index is 13.6. The number of aryl methyl sites for hydroxylation is 3. The summed E-state index contributed by atoms with van der Waals surface area (Å²) in [5.41, 5.74) is 4.87. The molecule has 0 unspecified atom stereocenters. The predicted octanol–water partition coefficient (Wildman–Crippen LogP) is 4.60. The van der Waals surface area contributed by atoms with Crippen molar-refractivity contribution in [2.75, 3.05) is 47.0 Å². The number of hydrogen-bond donors (Lipinski definition) is 1. The van der Waals surface area contributed by atoms with Crippen molar-refractivity contribution in [1.29, 1.82) is 0 Å². The van der Waals surface area contributed by atoms with Crippen LogP contribution in [0.4, 0.5) is 21.6 Å². The maximum Gasteiger partial charge on any atom is 0.234 e. The van der Waals surface area contributed by atoms with Crippen molar-refractivity contribution in [1.82, 2.24) is 10.2 Å². The van der Waals surface area contributed by atoms with Gasteiger partial charge in [-0.15, -0.1) is 10.2 Å². The Labute approximate surface area is 198 Å². The zero-order chi connectivity index (χ0) is 23.4. The first kappa shape index (κ1) is 23.0. The summed E-state index contributed by atoms with van der Waals surface area (Å²) >= 11 is 1.30. The summed E-state index contributed by atoms with van der Waals surface area (Å²) in [6, 6.07) is 15.1. The van der Waals surface area contributed by atoms with Gasteiger partial charge >= 0.3 is 0 Å². The van der Waals surface area contributed by atoms with Gasteiger partial charge in [-0.2, -0.15) is 0 Å². The molecule has 33 heavy (non-hydrogen) atoms. The van der Waals surface area contributed by atoms with Crippen LogP contribution >= 0.6 is 11.8 Å². The SMILES string of the molecule is Cc1ccc(C)c(N2CCN(c3ccc(SCC(=O)Nc4ccc(C)c(F)c4)nn3)CC2)c1. The van der Waals surface area contributed by atoms with Crippen LogP contribution in [0.15, 0.2) is 53.6 Å². The number of nitrogens with zero attached hydrogens (tertiary/aromatic N) is 4. The third kappa shape index (κ3) is 5.82. The van der Waals surface area contributed by atoms with E-state index in [-0.39, 0.29) is 17.5 Å². The van der Waals surface area contributed by atoms with Gasteiger partial charge in [-0.3, -0.25) is 4.79 Å². The van der Waals surface area contributed by atoms with E-state index in [2.05, 4.69) is 57.4 Å². The fourth-order valence-corrected chi connectivity index (χ4v) is 4.42. The van der Waals surface area contributed by atoms with Crippen molar-refractivity contribution < 1.29 is 9.18 Å². The summed E-state index contributed by atoms with van der Waals surface area (Å²) < 4.78 is 13.6. The fraction of sp³-hybridized carbons (Fsp3) is 0.320. The Morgan fingerprint density at radius 1 is 0.939 bits per heavy atom. The molecule has 1 aliphatic rings. The second kappa shape index (κ2) is 10.2. The molecule has 1 aromatic heterocycles. The monoisotopic (exact) mass is 465 g/mol. The summed E-state index contributed by atoms with van der Waals surface area (Å²) in [6.45, 7) is 9.59. The number of amides is 1. The Kier molecular flexibility index (Phi) is 7.13. The second-order valence-electron chi connectivity index (χ2n) is 8.29. The first-order valence-corrected chi connectivity index (χ1v) is 12.0. The van der Waals surface area contributed by atoms with E-state index in [0.717, 1.165) is 32.0 Å². The van der Waals surface area contributed by atoms with Gasteiger partial charge < -0.3 is 15.1 Å². The van der Waals surface area contributed by atoms with Crippen molar-refractivity contribution in [3.05, 3.63) is 71.0 Å². The average Bonchev–Trinajstić information content (AvgIpc) is 2.82. The van der Waals surface area contributed by atoms with Gasteiger partial charge in [0.25, 0.3) is 0 Å². The largest absolute Gasteiger partial charge is 0.368 e. The van der Waals surface area contributed by atoms with E-state index >= 15 is 0 Å². The minimum atomic E-state index is -0.336. The molecule has 0 atom stereocenters. The van der Waals surface area contributed by atoms with Gasteiger partial charge in [0.05, 0.1) is 5.75 Å². The van der Waals surface area contributed by atoms with Crippen LogP contribution in [0.3, 0.4) is 0 Å². The minimum absolute atomic E-state index is 0.179. The Bertz CT molecular complexity index is 1130. The number of rotatable bonds is 6. The second-order valence-corrected chi connectivity index (χ2v) is 9.29. The normalized spacial score (nSPS) is 13.8. The van der Waals surface area contributed by atoms with E-state index in [4.69, 9.17) is 0 Å². The molecule has 1 fully saturated rings. The lowest BCUT2D eigenvalue weighted by Crippen LogP contribution is -2.47. The molecule has 172 valence electrons. The van der Waals surface area contributed by atoms with Crippen molar-refractivity contribution in [3.63, 3.8) is 0 Å². The van der Waals surface area contributed by atoms with Gasteiger partial charge in [0.15, 0.2) is 5.82 Å². The van der Waals surface area contributed by atoms with Gasteiger partial charge in [0, 0.05) is 37.6 Å². The predicted molar refractivity (Wildman–Crippen MR) is 133 cm³/mol. The third-order valence-electron chi connectivity index (χ3n) is 5.74. The molecule has 0 radical (unpaired) electrons. The number of carbonyl (C=O) groups excluding carboxylic acids is 1. The molecule has 8 heteroatoms. The van der Waals surface area contributed by atoms with Gasteiger partial charge in [-0.1, -0.05) is 30.0 Å². The number of anilines is 3. The number of thioether (sulfide) groups is 1. The number of carbonyl (C=O) groups is 1. The Morgan fingerprint density at radius 2 is 1.67 bits per heavy atom. The lowest BCUT2D eigenvalue weighted by molar-refractivity contribution is -0.113. The number of aromatic nitrogens is 2. The Hall–Kier alpha value is -3.13. The molecule has 2 heterocycles. The Balaban J connectivity index is 1.27. The molecule has 0 spiro atoms. The van der Waals surface area contributed by atoms with Crippen LogP contribution in [-0.4, -0.2) is 48.0 Å². The van der Waals surface area contributed by atoms with Crippen LogP contribution in [0.1, 0.15) is 16.7 Å². The lowest BCUT2D eigenvalue weighted by Gasteiger charge is -2.37. The highest BCUT2D eigenvalue weighted by Crippen LogP contribution is 2.25. The summed E-state index contributed by atoms with van der Waals surface area (Å²) in [5, 5.41) is 12.0. The molecule has 6 nitrogen and oxygen atoms in total. The molecule has 2 aromatic carbocycles. The van der Waals surface area contributed by atoms with Crippen molar-refractivity contribution in [2.45, 2.75) is 25.8 Å². The molecule has 4 rings (SSSR count). The van der Waals surface area contributed by atoms with Gasteiger partial charge in [-0.05, 0) is 67.8 Å². The van der Waals surface area contributed by atoms with E-state index in [1.165, 1.54) is 34.6 Å². The van der Waals surface area contributed by atoms with Crippen molar-refractivity contribution in [3.8, 4) is 0 Å². The molecule has 0 saturated carbocycles. The van der Waals surface area contributed by atoms with Crippen LogP contribution in [0, 0.1) is 26.6 Å². The van der Waals surface area contributed by atoms with Gasteiger partial charge in [0.2, 0.25) is 5.91 Å². The van der Waals surface area contributed by atoms with E-state index in [0.29, 0.717) is 16.3 Å². The van der Waals surface area contributed by atoms with Crippen molar-refractivity contribution >= 4 is 34.9 Å². The molecular weight excluding hydrogens is 437 g/mol. The van der Waals surface area contributed by atoms with Gasteiger partial charge in [0.1, 0.15) is 10.8 Å². The molecule has 1 saturated heterocycles. The van der Waals surface area contributed by atoms with Crippen molar-refractivity contribution in [2.24, 2.45) is 0 Å². The van der Waals surface area contributed by atoms with Crippen LogP contribution < -0.4 is 15.1 Å². The summed E-state index contributed by atoms with van der Waals surface area (Å²) in [7, 11) is 0. The highest BCUT2D eigenvalue weighted by molar-refractivity contribution is 7.99. The smallest absolute Gasteiger partial charge is 0.234 e. The van der Waals surface area contributed by atoms with Crippen LogP contribution in [0.25, 0.3) is 0 Å². The fourth-order valence-electron chi connectivity index (χ4n) is 3.80. The van der Waals surface area contributed by atoms with E-state index < -0.39 is 0 Å². The molecule has 1 amide bonds. The standard InChI is InChI=1S/C25H28FN5OS/c1-17-4-5-19(3)22(14-17)30-10-12-31(13-11-30)23-8-9-25(29-28-23)33-16-24(32)27-20-7-6-18(2)21(26)15-20/h4-9,14-15H,10-13,16H2,1-3H3,(H,27,32). The van der Waals surface area contributed by atoms with E-state index in [1.54, 1.807) is 19.1 Å². The number of benzene rings is 2. The third-order valence-corrected chi connectivity index (χ3v) is 6.66.